The summed E-state index contributed by atoms with van der Waals surface area (Å²) in [7, 11) is -1.14. The first-order chi connectivity index (χ1) is 14.9. The standard InChI is InChI=1S/C25H28N2O3S/c1-3-31(29,30)24-15-11-20(12-16-24)17-25(28)26-23-13-9-22(10-14-23)19-27(2)18-21-7-5-4-6-8-21/h4-16H,3,17-19H2,1-2H3,(H,26,28). The topological polar surface area (TPSA) is 66.5 Å². The number of rotatable bonds is 9. The van der Waals surface area contributed by atoms with Crippen molar-refractivity contribution < 1.29 is 13.2 Å². The molecule has 0 radical (unpaired) electrons. The SMILES string of the molecule is CCS(=O)(=O)c1ccc(CC(=O)Nc2ccc(CN(C)Cc3ccccc3)cc2)cc1. The second kappa shape index (κ2) is 10.4. The fourth-order valence-corrected chi connectivity index (χ4v) is 4.21. The minimum atomic E-state index is -3.23. The molecule has 1 N–H and O–H groups in total. The summed E-state index contributed by atoms with van der Waals surface area (Å²) in [6.45, 7) is 3.30. The number of benzene rings is 3. The van der Waals surface area contributed by atoms with E-state index in [9.17, 15) is 13.2 Å². The summed E-state index contributed by atoms with van der Waals surface area (Å²) in [5.41, 5.74) is 3.95. The third-order valence-electron chi connectivity index (χ3n) is 5.01. The van der Waals surface area contributed by atoms with Crippen LogP contribution in [0.15, 0.2) is 83.8 Å². The summed E-state index contributed by atoms with van der Waals surface area (Å²) < 4.78 is 23.8. The summed E-state index contributed by atoms with van der Waals surface area (Å²) >= 11 is 0. The molecule has 0 saturated carbocycles. The predicted molar refractivity (Wildman–Crippen MR) is 125 cm³/mol. The Morgan fingerprint density at radius 1 is 0.806 bits per heavy atom. The van der Waals surface area contributed by atoms with Gasteiger partial charge in [0, 0.05) is 18.8 Å². The largest absolute Gasteiger partial charge is 0.326 e. The Morgan fingerprint density at radius 3 is 1.94 bits per heavy atom. The molecule has 0 aliphatic rings. The number of nitrogens with zero attached hydrogens (tertiary/aromatic N) is 1. The van der Waals surface area contributed by atoms with Crippen molar-refractivity contribution in [2.75, 3.05) is 18.1 Å². The summed E-state index contributed by atoms with van der Waals surface area (Å²) in [6, 6.07) is 24.7. The number of hydrogen-bond acceptors (Lipinski definition) is 4. The number of anilines is 1. The van der Waals surface area contributed by atoms with Crippen LogP contribution in [0.4, 0.5) is 5.69 Å². The molecular weight excluding hydrogens is 408 g/mol. The molecule has 0 spiro atoms. The summed E-state index contributed by atoms with van der Waals surface area (Å²) in [6.07, 6.45) is 0.189. The van der Waals surface area contributed by atoms with E-state index in [2.05, 4.69) is 29.4 Å². The Morgan fingerprint density at radius 2 is 1.35 bits per heavy atom. The quantitative estimate of drug-likeness (QED) is 0.543. The summed E-state index contributed by atoms with van der Waals surface area (Å²) in [4.78, 5) is 14.9. The summed E-state index contributed by atoms with van der Waals surface area (Å²) in [5.74, 6) is -0.0785. The van der Waals surface area contributed by atoms with E-state index in [0.717, 1.165) is 24.3 Å². The van der Waals surface area contributed by atoms with Gasteiger partial charge < -0.3 is 5.32 Å². The molecule has 0 saturated heterocycles. The molecule has 5 nitrogen and oxygen atoms in total. The van der Waals surface area contributed by atoms with Gasteiger partial charge in [0.25, 0.3) is 0 Å². The van der Waals surface area contributed by atoms with Gasteiger partial charge in [0.2, 0.25) is 5.91 Å². The van der Waals surface area contributed by atoms with Gasteiger partial charge in [-0.1, -0.05) is 61.5 Å². The maximum Gasteiger partial charge on any atom is 0.228 e. The van der Waals surface area contributed by atoms with Crippen LogP contribution in [0.25, 0.3) is 0 Å². The lowest BCUT2D eigenvalue weighted by molar-refractivity contribution is -0.115. The van der Waals surface area contributed by atoms with Gasteiger partial charge in [-0.3, -0.25) is 9.69 Å². The summed E-state index contributed by atoms with van der Waals surface area (Å²) in [5, 5.41) is 2.90. The van der Waals surface area contributed by atoms with Crippen LogP contribution in [-0.2, 0) is 34.1 Å². The van der Waals surface area contributed by atoms with Crippen LogP contribution in [0.2, 0.25) is 0 Å². The van der Waals surface area contributed by atoms with E-state index < -0.39 is 9.84 Å². The maximum atomic E-state index is 12.3. The predicted octanol–water partition coefficient (Wildman–Crippen LogP) is 4.29. The zero-order valence-corrected chi connectivity index (χ0v) is 18.7. The van der Waals surface area contributed by atoms with Crippen molar-refractivity contribution in [3.63, 3.8) is 0 Å². The highest BCUT2D eigenvalue weighted by atomic mass is 32.2. The molecular formula is C25H28N2O3S. The Balaban J connectivity index is 1.51. The zero-order valence-electron chi connectivity index (χ0n) is 17.9. The molecule has 31 heavy (non-hydrogen) atoms. The minimum Gasteiger partial charge on any atom is -0.326 e. The third kappa shape index (κ3) is 6.77. The van der Waals surface area contributed by atoms with Gasteiger partial charge >= 0.3 is 0 Å². The second-order valence-electron chi connectivity index (χ2n) is 7.63. The molecule has 0 unspecified atom stereocenters. The number of hydrogen-bond donors (Lipinski definition) is 1. The van der Waals surface area contributed by atoms with Gasteiger partial charge in [0.15, 0.2) is 9.84 Å². The van der Waals surface area contributed by atoms with Crippen LogP contribution < -0.4 is 5.32 Å². The van der Waals surface area contributed by atoms with Crippen molar-refractivity contribution in [3.8, 4) is 0 Å². The number of carbonyl (C=O) groups excluding carboxylic acids is 1. The smallest absolute Gasteiger partial charge is 0.228 e. The maximum absolute atomic E-state index is 12.3. The number of carbonyl (C=O) groups is 1. The molecule has 3 aromatic carbocycles. The molecule has 0 heterocycles. The first-order valence-electron chi connectivity index (χ1n) is 10.3. The Kier molecular flexibility index (Phi) is 7.60. The number of sulfone groups is 1. The lowest BCUT2D eigenvalue weighted by Gasteiger charge is -2.17. The fourth-order valence-electron chi connectivity index (χ4n) is 3.33. The van der Waals surface area contributed by atoms with Crippen molar-refractivity contribution in [1.29, 1.82) is 0 Å². The van der Waals surface area contributed by atoms with Gasteiger partial charge in [-0.25, -0.2) is 8.42 Å². The average Bonchev–Trinajstić information content (AvgIpc) is 2.76. The molecule has 162 valence electrons. The molecule has 0 fully saturated rings. The normalized spacial score (nSPS) is 11.5. The molecule has 0 aliphatic carbocycles. The lowest BCUT2D eigenvalue weighted by Crippen LogP contribution is -2.17. The van der Waals surface area contributed by atoms with E-state index in [1.807, 2.05) is 42.5 Å². The lowest BCUT2D eigenvalue weighted by atomic mass is 10.1. The molecule has 0 aromatic heterocycles. The van der Waals surface area contributed by atoms with Gasteiger partial charge in [-0.05, 0) is 48.0 Å². The van der Waals surface area contributed by atoms with Crippen molar-refractivity contribution >= 4 is 21.4 Å². The Bertz CT molecular complexity index is 1090. The third-order valence-corrected chi connectivity index (χ3v) is 6.76. The van der Waals surface area contributed by atoms with E-state index >= 15 is 0 Å². The monoisotopic (exact) mass is 436 g/mol. The van der Waals surface area contributed by atoms with Crippen LogP contribution in [0.3, 0.4) is 0 Å². The van der Waals surface area contributed by atoms with E-state index in [1.165, 1.54) is 11.1 Å². The van der Waals surface area contributed by atoms with E-state index in [4.69, 9.17) is 0 Å². The highest BCUT2D eigenvalue weighted by molar-refractivity contribution is 7.91. The highest BCUT2D eigenvalue weighted by Gasteiger charge is 2.12. The Labute approximate surface area is 184 Å². The van der Waals surface area contributed by atoms with Crippen LogP contribution in [0, 0.1) is 0 Å². The molecule has 1 amide bonds. The molecule has 0 aliphatic heterocycles. The van der Waals surface area contributed by atoms with Gasteiger partial charge in [0.05, 0.1) is 17.1 Å². The number of amides is 1. The molecule has 0 bridgehead atoms. The van der Waals surface area contributed by atoms with E-state index in [0.29, 0.717) is 0 Å². The zero-order chi connectivity index (χ0) is 22.3. The van der Waals surface area contributed by atoms with Gasteiger partial charge in [0.1, 0.15) is 0 Å². The molecule has 3 aromatic rings. The van der Waals surface area contributed by atoms with Crippen LogP contribution in [0.5, 0.6) is 0 Å². The first-order valence-corrected chi connectivity index (χ1v) is 11.9. The molecule has 3 rings (SSSR count). The van der Waals surface area contributed by atoms with Crippen LogP contribution in [-0.4, -0.2) is 32.0 Å². The van der Waals surface area contributed by atoms with Gasteiger partial charge in [-0.15, -0.1) is 0 Å². The van der Waals surface area contributed by atoms with E-state index in [1.54, 1.807) is 31.2 Å². The van der Waals surface area contributed by atoms with Crippen molar-refractivity contribution in [2.45, 2.75) is 31.3 Å². The second-order valence-corrected chi connectivity index (χ2v) is 9.91. The fraction of sp³-hybridized carbons (Fsp3) is 0.240. The molecule has 6 heteroatoms. The minimum absolute atomic E-state index is 0.0604. The van der Waals surface area contributed by atoms with E-state index in [-0.39, 0.29) is 23.0 Å². The average molecular weight is 437 g/mol. The Hall–Kier alpha value is -2.96. The van der Waals surface area contributed by atoms with Crippen LogP contribution in [0.1, 0.15) is 23.6 Å². The van der Waals surface area contributed by atoms with Crippen molar-refractivity contribution in [3.05, 3.63) is 95.6 Å². The number of nitrogens with one attached hydrogen (secondary N) is 1. The van der Waals surface area contributed by atoms with Gasteiger partial charge in [-0.2, -0.15) is 0 Å². The highest BCUT2D eigenvalue weighted by Crippen LogP contribution is 2.15. The molecule has 0 atom stereocenters. The van der Waals surface area contributed by atoms with Crippen molar-refractivity contribution in [1.82, 2.24) is 4.90 Å². The first kappa shape index (κ1) is 22.7. The van der Waals surface area contributed by atoms with Crippen LogP contribution >= 0.6 is 0 Å². The van der Waals surface area contributed by atoms with Crippen molar-refractivity contribution in [2.24, 2.45) is 0 Å².